The Morgan fingerprint density at radius 1 is 1.31 bits per heavy atom. The maximum absolute atomic E-state index is 11.2. The third kappa shape index (κ3) is 3.20. The molecular formula is C11H14NO+. The molecular weight excluding hydrogens is 162 g/mol. The molecule has 0 fully saturated rings. The van der Waals surface area contributed by atoms with Gasteiger partial charge in [-0.25, -0.2) is 4.57 Å². The van der Waals surface area contributed by atoms with Crippen LogP contribution in [0.1, 0.15) is 13.3 Å². The van der Waals surface area contributed by atoms with E-state index in [1.807, 2.05) is 35.2 Å². The minimum absolute atomic E-state index is 0.136. The van der Waals surface area contributed by atoms with Crippen LogP contribution in [0, 0.1) is 0 Å². The van der Waals surface area contributed by atoms with E-state index >= 15 is 0 Å². The third-order valence-electron chi connectivity index (χ3n) is 1.85. The van der Waals surface area contributed by atoms with E-state index in [1.165, 1.54) is 0 Å². The number of nitrogens with zero attached hydrogens (tertiary/aromatic N) is 1. The van der Waals surface area contributed by atoms with Crippen LogP contribution in [0.15, 0.2) is 42.7 Å². The zero-order valence-electron chi connectivity index (χ0n) is 7.86. The lowest BCUT2D eigenvalue weighted by atomic mass is 10.1. The summed E-state index contributed by atoms with van der Waals surface area (Å²) in [7, 11) is 0. The molecule has 0 atom stereocenters. The second-order valence-corrected chi connectivity index (χ2v) is 3.07. The third-order valence-corrected chi connectivity index (χ3v) is 1.85. The van der Waals surface area contributed by atoms with E-state index in [0.29, 0.717) is 12.0 Å². The Kier molecular flexibility index (Phi) is 3.38. The molecule has 0 radical (unpaired) electrons. The number of carbonyl (C=O) groups excluding carboxylic acids is 1. The average Bonchev–Trinajstić information content (AvgIpc) is 2.15. The lowest BCUT2D eigenvalue weighted by molar-refractivity contribution is -0.695. The minimum atomic E-state index is 0.136. The largest absolute Gasteiger partial charge is 0.294 e. The summed E-state index contributed by atoms with van der Waals surface area (Å²) < 4.78 is 1.99. The lowest BCUT2D eigenvalue weighted by Crippen LogP contribution is -2.33. The molecule has 1 aromatic heterocycles. The second kappa shape index (κ2) is 4.55. The molecule has 0 N–H and O–H groups in total. The first-order valence-corrected chi connectivity index (χ1v) is 4.33. The van der Waals surface area contributed by atoms with Gasteiger partial charge in [0.1, 0.15) is 0 Å². The number of aryl methyl sites for hydroxylation is 1. The molecule has 0 spiro atoms. The number of ketones is 1. The molecule has 0 aliphatic heterocycles. The monoisotopic (exact) mass is 176 g/mol. The van der Waals surface area contributed by atoms with Crippen LogP contribution < -0.4 is 4.57 Å². The summed E-state index contributed by atoms with van der Waals surface area (Å²) >= 11 is 0. The van der Waals surface area contributed by atoms with Crippen molar-refractivity contribution in [2.24, 2.45) is 0 Å². The highest BCUT2D eigenvalue weighted by atomic mass is 16.1. The molecule has 0 saturated heterocycles. The van der Waals surface area contributed by atoms with E-state index < -0.39 is 0 Å². The minimum Gasteiger partial charge on any atom is -0.294 e. The van der Waals surface area contributed by atoms with Crippen molar-refractivity contribution in [3.63, 3.8) is 0 Å². The van der Waals surface area contributed by atoms with Crippen LogP contribution in [0.5, 0.6) is 0 Å². The summed E-state index contributed by atoms with van der Waals surface area (Å²) in [6.07, 6.45) is 4.43. The molecule has 0 bridgehead atoms. The van der Waals surface area contributed by atoms with Gasteiger partial charge < -0.3 is 0 Å². The Labute approximate surface area is 78.5 Å². The average molecular weight is 176 g/mol. The number of aromatic nitrogens is 1. The first kappa shape index (κ1) is 9.65. The zero-order valence-corrected chi connectivity index (χ0v) is 7.86. The lowest BCUT2D eigenvalue weighted by Gasteiger charge is -1.96. The molecule has 0 saturated carbocycles. The number of rotatable bonds is 4. The number of allylic oxidation sites excluding steroid dienone is 1. The molecule has 68 valence electrons. The molecule has 1 heterocycles. The maximum Gasteiger partial charge on any atom is 0.168 e. The van der Waals surface area contributed by atoms with Gasteiger partial charge in [0, 0.05) is 12.1 Å². The van der Waals surface area contributed by atoms with Crippen molar-refractivity contribution in [2.45, 2.75) is 19.9 Å². The van der Waals surface area contributed by atoms with Gasteiger partial charge in [-0.15, -0.1) is 0 Å². The van der Waals surface area contributed by atoms with Crippen LogP contribution in [0.3, 0.4) is 0 Å². The molecule has 1 aromatic rings. The number of carbonyl (C=O) groups is 1. The van der Waals surface area contributed by atoms with Gasteiger partial charge in [-0.1, -0.05) is 12.6 Å². The van der Waals surface area contributed by atoms with Gasteiger partial charge in [0.05, 0.1) is 6.42 Å². The Hall–Kier alpha value is -1.44. The summed E-state index contributed by atoms with van der Waals surface area (Å²) in [4.78, 5) is 11.2. The molecule has 0 amide bonds. The molecule has 0 aliphatic rings. The summed E-state index contributed by atoms with van der Waals surface area (Å²) in [6, 6.07) is 5.85. The molecule has 2 heteroatoms. The van der Waals surface area contributed by atoms with Crippen molar-refractivity contribution >= 4 is 5.78 Å². The number of Topliss-reactive ketones (excluding diaryl/α,β-unsaturated/α-hetero) is 1. The summed E-state index contributed by atoms with van der Waals surface area (Å²) in [6.45, 7) is 6.09. The second-order valence-electron chi connectivity index (χ2n) is 3.07. The van der Waals surface area contributed by atoms with E-state index in [2.05, 4.69) is 6.58 Å². The highest BCUT2D eigenvalue weighted by molar-refractivity contribution is 5.93. The summed E-state index contributed by atoms with van der Waals surface area (Å²) in [5, 5.41) is 0. The van der Waals surface area contributed by atoms with E-state index in [9.17, 15) is 4.79 Å². The Bertz CT molecular complexity index is 303. The molecule has 2 nitrogen and oxygen atoms in total. The van der Waals surface area contributed by atoms with Crippen LogP contribution in [0.4, 0.5) is 0 Å². The van der Waals surface area contributed by atoms with Crippen LogP contribution >= 0.6 is 0 Å². The van der Waals surface area contributed by atoms with Gasteiger partial charge >= 0.3 is 0 Å². The Morgan fingerprint density at radius 3 is 2.46 bits per heavy atom. The first-order valence-electron chi connectivity index (χ1n) is 4.33. The van der Waals surface area contributed by atoms with Crippen LogP contribution in [0.25, 0.3) is 0 Å². The molecule has 0 aliphatic carbocycles. The first-order chi connectivity index (χ1) is 6.20. The maximum atomic E-state index is 11.2. The van der Waals surface area contributed by atoms with Crippen molar-refractivity contribution in [3.8, 4) is 0 Å². The zero-order chi connectivity index (χ0) is 9.68. The fourth-order valence-corrected chi connectivity index (χ4v) is 1.03. The van der Waals surface area contributed by atoms with Crippen molar-refractivity contribution in [1.29, 1.82) is 0 Å². The molecule has 0 unspecified atom stereocenters. The topological polar surface area (TPSA) is 20.9 Å². The van der Waals surface area contributed by atoms with E-state index in [0.717, 1.165) is 6.54 Å². The van der Waals surface area contributed by atoms with E-state index in [1.54, 1.807) is 6.92 Å². The molecule has 1 rings (SSSR count). The van der Waals surface area contributed by atoms with Crippen LogP contribution in [-0.4, -0.2) is 5.78 Å². The van der Waals surface area contributed by atoms with Gasteiger partial charge in [-0.2, -0.15) is 0 Å². The molecule has 13 heavy (non-hydrogen) atoms. The predicted octanol–water partition coefficient (Wildman–Crippen LogP) is 1.51. The highest BCUT2D eigenvalue weighted by Gasteiger charge is 2.05. The predicted molar refractivity (Wildman–Crippen MR) is 51.1 cm³/mol. The van der Waals surface area contributed by atoms with Crippen molar-refractivity contribution in [1.82, 2.24) is 0 Å². The fraction of sp³-hybridized carbons (Fsp3) is 0.273. The van der Waals surface area contributed by atoms with E-state index in [4.69, 9.17) is 0 Å². The normalized spacial score (nSPS) is 9.62. The van der Waals surface area contributed by atoms with E-state index in [-0.39, 0.29) is 5.78 Å². The smallest absolute Gasteiger partial charge is 0.168 e. The SMILES string of the molecule is C=C(C)C(=O)CC[n+]1ccccc1. The van der Waals surface area contributed by atoms with Crippen molar-refractivity contribution in [3.05, 3.63) is 42.7 Å². The van der Waals surface area contributed by atoms with Gasteiger partial charge in [0.25, 0.3) is 0 Å². The van der Waals surface area contributed by atoms with Gasteiger partial charge in [-0.05, 0) is 12.5 Å². The van der Waals surface area contributed by atoms with Gasteiger partial charge in [0.15, 0.2) is 24.7 Å². The number of hydrogen-bond acceptors (Lipinski definition) is 1. The molecule has 0 aromatic carbocycles. The highest BCUT2D eigenvalue weighted by Crippen LogP contribution is 1.94. The standard InChI is InChI=1S/C11H14NO/c1-10(2)11(13)6-9-12-7-4-3-5-8-12/h3-5,7-8H,1,6,9H2,2H3/q+1. The van der Waals surface area contributed by atoms with Gasteiger partial charge in [0.2, 0.25) is 0 Å². The summed E-state index contributed by atoms with van der Waals surface area (Å²) in [5.41, 5.74) is 0.636. The quantitative estimate of drug-likeness (QED) is 0.503. The van der Waals surface area contributed by atoms with Crippen molar-refractivity contribution in [2.75, 3.05) is 0 Å². The number of pyridine rings is 1. The summed E-state index contributed by atoms with van der Waals surface area (Å²) in [5.74, 6) is 0.136. The fourth-order valence-electron chi connectivity index (χ4n) is 1.03. The van der Waals surface area contributed by atoms with Gasteiger partial charge in [-0.3, -0.25) is 4.79 Å². The van der Waals surface area contributed by atoms with Crippen LogP contribution in [0.2, 0.25) is 0 Å². The Balaban J connectivity index is 2.44. The van der Waals surface area contributed by atoms with Crippen molar-refractivity contribution < 1.29 is 9.36 Å². The number of hydrogen-bond donors (Lipinski definition) is 0. The van der Waals surface area contributed by atoms with Crippen LogP contribution in [-0.2, 0) is 11.3 Å². The Morgan fingerprint density at radius 2 is 1.92 bits per heavy atom.